The Morgan fingerprint density at radius 2 is 2.25 bits per heavy atom. The summed E-state index contributed by atoms with van der Waals surface area (Å²) >= 11 is 2.57. The fourth-order valence-corrected chi connectivity index (χ4v) is 5.09. The number of hydrogen-bond acceptors (Lipinski definition) is 4. The van der Waals surface area contributed by atoms with Gasteiger partial charge in [0.2, 0.25) is 5.91 Å². The second-order valence-electron chi connectivity index (χ2n) is 6.98. The molecule has 1 unspecified atom stereocenters. The number of aromatic nitrogens is 1. The van der Waals surface area contributed by atoms with E-state index in [4.69, 9.17) is 0 Å². The summed E-state index contributed by atoms with van der Waals surface area (Å²) < 4.78 is 16.1. The molecule has 0 saturated carbocycles. The molecule has 1 aliphatic heterocycles. The van der Waals surface area contributed by atoms with Crippen molar-refractivity contribution in [3.63, 3.8) is 0 Å². The zero-order chi connectivity index (χ0) is 20.1. The van der Waals surface area contributed by atoms with Crippen LogP contribution in [0.3, 0.4) is 0 Å². The van der Waals surface area contributed by atoms with Crippen LogP contribution in [0, 0.1) is 11.7 Å². The van der Waals surface area contributed by atoms with E-state index < -0.39 is 0 Å². The molecule has 1 fully saturated rings. The number of rotatable bonds is 6. The number of thiazole rings is 1. The van der Waals surface area contributed by atoms with Crippen molar-refractivity contribution in [2.24, 2.45) is 10.9 Å². The molecule has 8 heteroatoms. The Bertz CT molecular complexity index is 951. The summed E-state index contributed by atoms with van der Waals surface area (Å²) in [5, 5.41) is 0. The van der Waals surface area contributed by atoms with Crippen molar-refractivity contribution in [2.75, 3.05) is 24.6 Å². The number of amides is 2. The molecule has 1 aromatic heterocycles. The predicted molar refractivity (Wildman–Crippen MR) is 113 cm³/mol. The molecule has 2 aromatic rings. The van der Waals surface area contributed by atoms with Gasteiger partial charge in [0.25, 0.3) is 5.91 Å². The zero-order valence-electron chi connectivity index (χ0n) is 15.9. The van der Waals surface area contributed by atoms with Crippen molar-refractivity contribution >= 4 is 45.1 Å². The number of halogens is 1. The van der Waals surface area contributed by atoms with Gasteiger partial charge in [0.15, 0.2) is 4.80 Å². The molecule has 1 aliphatic rings. The number of carbonyl (C=O) groups is 2. The van der Waals surface area contributed by atoms with E-state index >= 15 is 0 Å². The Kier molecular flexibility index (Phi) is 7.07. The summed E-state index contributed by atoms with van der Waals surface area (Å²) in [6.45, 7) is 7.99. The zero-order valence-corrected chi connectivity index (χ0v) is 17.5. The van der Waals surface area contributed by atoms with Crippen LogP contribution >= 0.6 is 23.1 Å². The summed E-state index contributed by atoms with van der Waals surface area (Å²) in [5.74, 6) is 0.443. The number of piperidine rings is 1. The summed E-state index contributed by atoms with van der Waals surface area (Å²) in [6, 6.07) is 4.51. The van der Waals surface area contributed by atoms with E-state index in [1.807, 2.05) is 9.47 Å². The van der Waals surface area contributed by atoms with Gasteiger partial charge in [-0.1, -0.05) is 24.3 Å². The first-order chi connectivity index (χ1) is 13.5. The lowest BCUT2D eigenvalue weighted by Crippen LogP contribution is -2.40. The molecule has 2 amide bonds. The van der Waals surface area contributed by atoms with E-state index in [9.17, 15) is 14.0 Å². The minimum atomic E-state index is -0.321. The third-order valence-electron chi connectivity index (χ3n) is 4.64. The van der Waals surface area contributed by atoms with Gasteiger partial charge >= 0.3 is 0 Å². The highest BCUT2D eigenvalue weighted by molar-refractivity contribution is 8.00. The van der Waals surface area contributed by atoms with Gasteiger partial charge in [-0.25, -0.2) is 4.39 Å². The van der Waals surface area contributed by atoms with E-state index in [1.54, 1.807) is 12.1 Å². The second kappa shape index (κ2) is 9.52. The predicted octanol–water partition coefficient (Wildman–Crippen LogP) is 3.45. The first-order valence-corrected chi connectivity index (χ1v) is 11.3. The van der Waals surface area contributed by atoms with Crippen LogP contribution in [0.15, 0.2) is 35.8 Å². The Balaban J connectivity index is 1.65. The van der Waals surface area contributed by atoms with Gasteiger partial charge in [0.1, 0.15) is 5.82 Å². The number of nitrogens with zero attached hydrogens (tertiary/aromatic N) is 3. The Hall–Kier alpha value is -1.93. The molecule has 1 saturated heterocycles. The maximum Gasteiger partial charge on any atom is 0.258 e. The van der Waals surface area contributed by atoms with E-state index in [-0.39, 0.29) is 29.1 Å². The van der Waals surface area contributed by atoms with Crippen LogP contribution in [-0.4, -0.2) is 45.9 Å². The van der Waals surface area contributed by atoms with Gasteiger partial charge in [-0.3, -0.25) is 9.59 Å². The number of thioether (sulfide) groups is 1. The quantitative estimate of drug-likeness (QED) is 0.672. The maximum atomic E-state index is 13.5. The molecule has 5 nitrogen and oxygen atoms in total. The second-order valence-corrected chi connectivity index (χ2v) is 8.98. The summed E-state index contributed by atoms with van der Waals surface area (Å²) in [4.78, 5) is 31.2. The molecular formula is C20H24FN3O2S2. The van der Waals surface area contributed by atoms with Crippen LogP contribution < -0.4 is 4.80 Å². The van der Waals surface area contributed by atoms with Crippen LogP contribution in [0.25, 0.3) is 10.2 Å². The summed E-state index contributed by atoms with van der Waals surface area (Å²) in [5.41, 5.74) is 0.819. The standard InChI is InChI=1S/C20H24FN3O2S2/c1-3-8-24-16-7-6-15(21)10-17(16)28-20(24)22-18(25)12-27-13-19(26)23-9-4-5-14(2)11-23/h3,6-7,10,14H,1,4-5,8-9,11-13H2,2H3. The molecule has 0 N–H and O–H groups in total. The monoisotopic (exact) mass is 421 g/mol. The molecule has 0 spiro atoms. The number of allylic oxidation sites excluding steroid dienone is 1. The lowest BCUT2D eigenvalue weighted by molar-refractivity contribution is -0.130. The third-order valence-corrected chi connectivity index (χ3v) is 6.58. The van der Waals surface area contributed by atoms with E-state index in [2.05, 4.69) is 18.5 Å². The minimum absolute atomic E-state index is 0.0865. The van der Waals surface area contributed by atoms with Gasteiger partial charge in [-0.15, -0.1) is 18.3 Å². The fourth-order valence-electron chi connectivity index (χ4n) is 3.31. The molecule has 0 aliphatic carbocycles. The summed E-state index contributed by atoms with van der Waals surface area (Å²) in [6.07, 6.45) is 3.92. The first-order valence-electron chi connectivity index (χ1n) is 9.31. The fraction of sp³-hybridized carbons (Fsp3) is 0.450. The Labute approximate surface area is 171 Å². The number of carbonyl (C=O) groups excluding carboxylic acids is 2. The molecule has 3 rings (SSSR count). The highest BCUT2D eigenvalue weighted by atomic mass is 32.2. The van der Waals surface area contributed by atoms with Crippen molar-refractivity contribution in [3.05, 3.63) is 41.5 Å². The van der Waals surface area contributed by atoms with Crippen molar-refractivity contribution in [2.45, 2.75) is 26.3 Å². The first kappa shape index (κ1) is 20.8. The van der Waals surface area contributed by atoms with Crippen molar-refractivity contribution < 1.29 is 14.0 Å². The van der Waals surface area contributed by atoms with Crippen LogP contribution in [0.5, 0.6) is 0 Å². The van der Waals surface area contributed by atoms with Gasteiger partial charge in [0, 0.05) is 19.6 Å². The van der Waals surface area contributed by atoms with Crippen molar-refractivity contribution in [3.8, 4) is 0 Å². The number of hydrogen-bond donors (Lipinski definition) is 0. The highest BCUT2D eigenvalue weighted by Gasteiger charge is 2.20. The molecule has 1 atom stereocenters. The van der Waals surface area contributed by atoms with Gasteiger partial charge in [-0.05, 0) is 37.0 Å². The molecule has 0 bridgehead atoms. The van der Waals surface area contributed by atoms with Crippen LogP contribution in [0.4, 0.5) is 4.39 Å². The Morgan fingerprint density at radius 1 is 1.43 bits per heavy atom. The topological polar surface area (TPSA) is 54.7 Å². The average molecular weight is 422 g/mol. The number of likely N-dealkylation sites (tertiary alicyclic amines) is 1. The molecule has 2 heterocycles. The number of fused-ring (bicyclic) bond motifs is 1. The molecule has 150 valence electrons. The van der Waals surface area contributed by atoms with Crippen LogP contribution in [0.1, 0.15) is 19.8 Å². The molecular weight excluding hydrogens is 397 g/mol. The van der Waals surface area contributed by atoms with Crippen molar-refractivity contribution in [1.82, 2.24) is 9.47 Å². The lowest BCUT2D eigenvalue weighted by Gasteiger charge is -2.30. The highest BCUT2D eigenvalue weighted by Crippen LogP contribution is 2.19. The largest absolute Gasteiger partial charge is 0.342 e. The molecule has 28 heavy (non-hydrogen) atoms. The minimum Gasteiger partial charge on any atom is -0.342 e. The van der Waals surface area contributed by atoms with E-state index in [1.165, 1.54) is 35.2 Å². The number of benzene rings is 1. The third kappa shape index (κ3) is 5.11. The van der Waals surface area contributed by atoms with Gasteiger partial charge in [-0.2, -0.15) is 4.99 Å². The molecule has 1 aromatic carbocycles. The maximum absolute atomic E-state index is 13.5. The lowest BCUT2D eigenvalue weighted by atomic mass is 10.0. The SMILES string of the molecule is C=CCn1c(=NC(=O)CSCC(=O)N2CCCC(C)C2)sc2cc(F)ccc21. The van der Waals surface area contributed by atoms with Crippen molar-refractivity contribution in [1.29, 1.82) is 0 Å². The smallest absolute Gasteiger partial charge is 0.258 e. The Morgan fingerprint density at radius 3 is 3.00 bits per heavy atom. The van der Waals surface area contributed by atoms with Crippen LogP contribution in [0.2, 0.25) is 0 Å². The normalized spacial score (nSPS) is 17.9. The average Bonchev–Trinajstić information content (AvgIpc) is 2.98. The van der Waals surface area contributed by atoms with E-state index in [0.717, 1.165) is 36.1 Å². The van der Waals surface area contributed by atoms with E-state index in [0.29, 0.717) is 17.3 Å². The summed E-state index contributed by atoms with van der Waals surface area (Å²) in [7, 11) is 0. The van der Waals surface area contributed by atoms with Crippen LogP contribution in [-0.2, 0) is 16.1 Å². The van der Waals surface area contributed by atoms with Gasteiger partial charge < -0.3 is 9.47 Å². The van der Waals surface area contributed by atoms with Gasteiger partial charge in [0.05, 0.1) is 21.7 Å². The molecule has 0 radical (unpaired) electrons.